The van der Waals surface area contributed by atoms with Gasteiger partial charge in [0.2, 0.25) is 0 Å². The smallest absolute Gasteiger partial charge is 0.317 e. The predicted octanol–water partition coefficient (Wildman–Crippen LogP) is 3.54. The molecule has 1 N–H and O–H groups in total. The van der Waals surface area contributed by atoms with Crippen LogP contribution in [0.3, 0.4) is 0 Å². The summed E-state index contributed by atoms with van der Waals surface area (Å²) in [5, 5.41) is 5.17. The summed E-state index contributed by atoms with van der Waals surface area (Å²) in [5.74, 6) is 0. The molecular weight excluding hydrogens is 294 g/mol. The van der Waals surface area contributed by atoms with Crippen molar-refractivity contribution in [1.29, 1.82) is 0 Å². The van der Waals surface area contributed by atoms with E-state index in [2.05, 4.69) is 42.6 Å². The van der Waals surface area contributed by atoms with E-state index in [1.807, 2.05) is 11.0 Å². The second kappa shape index (κ2) is 8.53. The van der Waals surface area contributed by atoms with Crippen LogP contribution in [0.4, 0.5) is 4.79 Å². The number of rotatable bonds is 9. The number of carbonyl (C=O) groups is 1. The Bertz CT molecular complexity index is 443. The molecular formula is C17H29N3OS. The van der Waals surface area contributed by atoms with Gasteiger partial charge in [-0.2, -0.15) is 0 Å². The SMILES string of the molecule is CC(C)N(C)CCCCNC(=O)N(Cc1cccs1)C1CC1. The molecule has 1 aromatic heterocycles. The van der Waals surface area contributed by atoms with Crippen molar-refractivity contribution in [2.45, 2.75) is 58.2 Å². The lowest BCUT2D eigenvalue weighted by Crippen LogP contribution is -2.41. The Balaban J connectivity index is 1.66. The van der Waals surface area contributed by atoms with Crippen LogP contribution in [0.25, 0.3) is 0 Å². The van der Waals surface area contributed by atoms with Crippen LogP contribution in [0.15, 0.2) is 17.5 Å². The summed E-state index contributed by atoms with van der Waals surface area (Å²) in [5.41, 5.74) is 0. The Hall–Kier alpha value is -1.07. The molecule has 2 rings (SSSR count). The molecule has 1 fully saturated rings. The fraction of sp³-hybridized carbons (Fsp3) is 0.706. The average molecular weight is 324 g/mol. The van der Waals surface area contributed by atoms with Crippen molar-refractivity contribution in [2.75, 3.05) is 20.1 Å². The lowest BCUT2D eigenvalue weighted by Gasteiger charge is -2.23. The topological polar surface area (TPSA) is 35.6 Å². The molecule has 0 spiro atoms. The van der Waals surface area contributed by atoms with Crippen LogP contribution in [-0.4, -0.2) is 48.1 Å². The van der Waals surface area contributed by atoms with Gasteiger partial charge in [-0.3, -0.25) is 0 Å². The molecule has 0 radical (unpaired) electrons. The normalized spacial score (nSPS) is 14.6. The summed E-state index contributed by atoms with van der Waals surface area (Å²) in [7, 11) is 2.15. The fourth-order valence-corrected chi connectivity index (χ4v) is 3.07. The molecule has 1 heterocycles. The molecule has 0 bridgehead atoms. The minimum atomic E-state index is 0.105. The average Bonchev–Trinajstić information content (AvgIpc) is 3.20. The lowest BCUT2D eigenvalue weighted by atomic mass is 10.2. The first kappa shape index (κ1) is 17.3. The Labute approximate surface area is 138 Å². The van der Waals surface area contributed by atoms with E-state index in [1.165, 1.54) is 4.88 Å². The van der Waals surface area contributed by atoms with Crippen molar-refractivity contribution in [3.8, 4) is 0 Å². The number of hydrogen-bond donors (Lipinski definition) is 1. The van der Waals surface area contributed by atoms with E-state index in [4.69, 9.17) is 0 Å². The van der Waals surface area contributed by atoms with Crippen LogP contribution in [0, 0.1) is 0 Å². The summed E-state index contributed by atoms with van der Waals surface area (Å²) in [4.78, 5) is 18.0. The van der Waals surface area contributed by atoms with E-state index >= 15 is 0 Å². The van der Waals surface area contributed by atoms with Crippen molar-refractivity contribution >= 4 is 17.4 Å². The molecule has 1 aliphatic carbocycles. The van der Waals surface area contributed by atoms with Gasteiger partial charge >= 0.3 is 6.03 Å². The molecule has 1 saturated carbocycles. The standard InChI is InChI=1S/C17H29N3OS/c1-14(2)19(3)11-5-4-10-18-17(21)20(15-8-9-15)13-16-7-6-12-22-16/h6-7,12,14-15H,4-5,8-11,13H2,1-3H3,(H,18,21). The second-order valence-electron chi connectivity index (χ2n) is 6.45. The van der Waals surface area contributed by atoms with Crippen molar-refractivity contribution in [3.05, 3.63) is 22.4 Å². The molecule has 5 heteroatoms. The molecule has 0 saturated heterocycles. The zero-order chi connectivity index (χ0) is 15.9. The molecule has 0 aliphatic heterocycles. The van der Waals surface area contributed by atoms with Gasteiger partial charge in [0.05, 0.1) is 6.54 Å². The maximum atomic E-state index is 12.4. The first-order valence-corrected chi connectivity index (χ1v) is 9.23. The number of unbranched alkanes of at least 4 members (excludes halogenated alkanes) is 1. The van der Waals surface area contributed by atoms with Gasteiger partial charge in [0.1, 0.15) is 0 Å². The molecule has 0 unspecified atom stereocenters. The molecule has 22 heavy (non-hydrogen) atoms. The number of amides is 2. The minimum absolute atomic E-state index is 0.105. The van der Waals surface area contributed by atoms with E-state index in [9.17, 15) is 4.79 Å². The van der Waals surface area contributed by atoms with Gasteiger partial charge < -0.3 is 15.1 Å². The molecule has 124 valence electrons. The Kier molecular flexibility index (Phi) is 6.70. The molecule has 2 amide bonds. The minimum Gasteiger partial charge on any atom is -0.338 e. The van der Waals surface area contributed by atoms with Crippen LogP contribution in [0.2, 0.25) is 0 Å². The third-order valence-electron chi connectivity index (χ3n) is 4.25. The molecule has 0 aromatic carbocycles. The third-order valence-corrected chi connectivity index (χ3v) is 5.11. The summed E-state index contributed by atoms with van der Waals surface area (Å²) in [6, 6.07) is 5.30. The first-order valence-electron chi connectivity index (χ1n) is 8.35. The quantitative estimate of drug-likeness (QED) is 0.706. The maximum Gasteiger partial charge on any atom is 0.317 e. The number of thiophene rings is 1. The summed E-state index contributed by atoms with van der Waals surface area (Å²) in [6.45, 7) is 7.04. The van der Waals surface area contributed by atoms with Gasteiger partial charge in [0, 0.05) is 23.5 Å². The predicted molar refractivity (Wildman–Crippen MR) is 93.3 cm³/mol. The molecule has 1 aromatic rings. The van der Waals surface area contributed by atoms with E-state index in [-0.39, 0.29) is 6.03 Å². The van der Waals surface area contributed by atoms with Gasteiger partial charge in [-0.25, -0.2) is 4.79 Å². The zero-order valence-corrected chi connectivity index (χ0v) is 14.9. The van der Waals surface area contributed by atoms with Crippen molar-refractivity contribution < 1.29 is 4.79 Å². The second-order valence-corrected chi connectivity index (χ2v) is 7.48. The lowest BCUT2D eigenvalue weighted by molar-refractivity contribution is 0.192. The van der Waals surface area contributed by atoms with E-state index in [0.29, 0.717) is 12.1 Å². The highest BCUT2D eigenvalue weighted by atomic mass is 32.1. The van der Waals surface area contributed by atoms with Crippen LogP contribution < -0.4 is 5.32 Å². The summed E-state index contributed by atoms with van der Waals surface area (Å²) in [6.07, 6.45) is 4.47. The first-order chi connectivity index (χ1) is 10.6. The van der Waals surface area contributed by atoms with Crippen LogP contribution in [-0.2, 0) is 6.54 Å². The van der Waals surface area contributed by atoms with Crippen LogP contribution in [0.1, 0.15) is 44.4 Å². The van der Waals surface area contributed by atoms with Crippen molar-refractivity contribution in [1.82, 2.24) is 15.1 Å². The third kappa shape index (κ3) is 5.61. The highest BCUT2D eigenvalue weighted by Crippen LogP contribution is 2.29. The maximum absolute atomic E-state index is 12.4. The summed E-state index contributed by atoms with van der Waals surface area (Å²) < 4.78 is 0. The van der Waals surface area contributed by atoms with Crippen LogP contribution in [0.5, 0.6) is 0 Å². The molecule has 4 nitrogen and oxygen atoms in total. The van der Waals surface area contributed by atoms with Gasteiger partial charge in [0.25, 0.3) is 0 Å². The number of hydrogen-bond acceptors (Lipinski definition) is 3. The van der Waals surface area contributed by atoms with Crippen molar-refractivity contribution in [2.24, 2.45) is 0 Å². The molecule has 0 atom stereocenters. The van der Waals surface area contributed by atoms with Gasteiger partial charge in [-0.05, 0) is 64.6 Å². The van der Waals surface area contributed by atoms with Gasteiger partial charge in [0.15, 0.2) is 0 Å². The number of nitrogens with one attached hydrogen (secondary N) is 1. The summed E-state index contributed by atoms with van der Waals surface area (Å²) >= 11 is 1.72. The van der Waals surface area contributed by atoms with E-state index in [0.717, 1.165) is 45.3 Å². The van der Waals surface area contributed by atoms with Crippen molar-refractivity contribution in [3.63, 3.8) is 0 Å². The number of nitrogens with zero attached hydrogens (tertiary/aromatic N) is 2. The monoisotopic (exact) mass is 323 g/mol. The number of carbonyl (C=O) groups excluding carboxylic acids is 1. The Morgan fingerprint density at radius 2 is 2.18 bits per heavy atom. The van der Waals surface area contributed by atoms with E-state index < -0.39 is 0 Å². The zero-order valence-electron chi connectivity index (χ0n) is 14.0. The van der Waals surface area contributed by atoms with Gasteiger partial charge in [-0.1, -0.05) is 6.07 Å². The highest BCUT2D eigenvalue weighted by Gasteiger charge is 2.32. The van der Waals surface area contributed by atoms with Gasteiger partial charge in [-0.15, -0.1) is 11.3 Å². The number of urea groups is 1. The van der Waals surface area contributed by atoms with Crippen LogP contribution >= 0.6 is 11.3 Å². The fourth-order valence-electron chi connectivity index (χ4n) is 2.36. The largest absolute Gasteiger partial charge is 0.338 e. The highest BCUT2D eigenvalue weighted by molar-refractivity contribution is 7.09. The van der Waals surface area contributed by atoms with E-state index in [1.54, 1.807) is 11.3 Å². The Morgan fingerprint density at radius 3 is 2.77 bits per heavy atom. The molecule has 1 aliphatic rings. The Morgan fingerprint density at radius 1 is 1.41 bits per heavy atom.